The second kappa shape index (κ2) is 11.2. The zero-order chi connectivity index (χ0) is 26.7. The van der Waals surface area contributed by atoms with Crippen LogP contribution in [0.4, 0.5) is 17.2 Å². The number of benzene rings is 1. The highest BCUT2D eigenvalue weighted by Gasteiger charge is 2.30. The highest BCUT2D eigenvalue weighted by atomic mass is 16.5. The van der Waals surface area contributed by atoms with Crippen molar-refractivity contribution in [3.8, 4) is 6.01 Å². The summed E-state index contributed by atoms with van der Waals surface area (Å²) in [5, 5.41) is 7.96. The lowest BCUT2D eigenvalue weighted by Gasteiger charge is -2.38. The summed E-state index contributed by atoms with van der Waals surface area (Å²) in [4.78, 5) is 30.2. The standard InChI is InChI=1S/C27H38N8O2/c1-6-24(36)33-11-13-34(14-12-33)26-20-9-10-35(25-18(2)7-8-22(29)21(25)15-28)17-23(20)30-27(31-26)37-19(3)16-32(4)5/h6-8,15,19,28H,1,9-14,16-17,29H2,2-5H3/t19-/m1/s1. The van der Waals surface area contributed by atoms with Gasteiger partial charge in [0, 0.05) is 62.3 Å². The third-order valence-corrected chi connectivity index (χ3v) is 6.93. The molecule has 1 aromatic heterocycles. The summed E-state index contributed by atoms with van der Waals surface area (Å²) >= 11 is 0. The Morgan fingerprint density at radius 2 is 1.95 bits per heavy atom. The van der Waals surface area contributed by atoms with Gasteiger partial charge in [0.1, 0.15) is 11.9 Å². The Bertz CT molecular complexity index is 1170. The Labute approximate surface area is 219 Å². The monoisotopic (exact) mass is 506 g/mol. The third-order valence-electron chi connectivity index (χ3n) is 6.93. The molecule has 37 heavy (non-hydrogen) atoms. The maximum absolute atomic E-state index is 12.1. The molecule has 0 radical (unpaired) electrons. The van der Waals surface area contributed by atoms with E-state index in [-0.39, 0.29) is 12.0 Å². The number of aromatic nitrogens is 2. The second-order valence-corrected chi connectivity index (χ2v) is 10.0. The minimum atomic E-state index is -0.0802. The molecule has 4 rings (SSSR count). The lowest BCUT2D eigenvalue weighted by Crippen LogP contribution is -2.49. The van der Waals surface area contributed by atoms with Gasteiger partial charge in [-0.25, -0.2) is 0 Å². The van der Waals surface area contributed by atoms with Crippen LogP contribution >= 0.6 is 0 Å². The number of ether oxygens (including phenoxy) is 1. The molecule has 0 bridgehead atoms. The molecule has 1 saturated heterocycles. The number of nitrogens with two attached hydrogens (primary N) is 1. The molecule has 0 saturated carbocycles. The van der Waals surface area contributed by atoms with Gasteiger partial charge in [-0.1, -0.05) is 12.6 Å². The van der Waals surface area contributed by atoms with Crippen LogP contribution in [0.1, 0.15) is 29.3 Å². The number of nitrogens with one attached hydrogen (secondary N) is 1. The number of nitrogen functional groups attached to an aromatic ring is 1. The molecule has 2 aromatic rings. The number of hydrogen-bond acceptors (Lipinski definition) is 9. The van der Waals surface area contributed by atoms with E-state index >= 15 is 0 Å². The van der Waals surface area contributed by atoms with Gasteiger partial charge in [-0.3, -0.25) is 4.79 Å². The normalized spacial score (nSPS) is 16.4. The minimum absolute atomic E-state index is 0.0407. The first-order valence-corrected chi connectivity index (χ1v) is 12.7. The summed E-state index contributed by atoms with van der Waals surface area (Å²) in [6.45, 7) is 12.4. The lowest BCUT2D eigenvalue weighted by atomic mass is 10.00. The van der Waals surface area contributed by atoms with Crippen LogP contribution in [0, 0.1) is 12.3 Å². The van der Waals surface area contributed by atoms with Crippen LogP contribution in [0.3, 0.4) is 0 Å². The van der Waals surface area contributed by atoms with Crippen LogP contribution in [0.25, 0.3) is 0 Å². The predicted molar refractivity (Wildman–Crippen MR) is 148 cm³/mol. The van der Waals surface area contributed by atoms with Crippen molar-refractivity contribution in [2.45, 2.75) is 32.9 Å². The summed E-state index contributed by atoms with van der Waals surface area (Å²) in [7, 11) is 4.02. The second-order valence-electron chi connectivity index (χ2n) is 10.0. The molecular weight excluding hydrogens is 468 g/mol. The Balaban J connectivity index is 1.68. The van der Waals surface area contributed by atoms with E-state index in [0.29, 0.717) is 44.4 Å². The highest BCUT2D eigenvalue weighted by Crippen LogP contribution is 2.35. The molecule has 2 aliphatic rings. The topological polar surface area (TPSA) is 115 Å². The van der Waals surface area contributed by atoms with Crippen molar-refractivity contribution >= 4 is 29.3 Å². The van der Waals surface area contributed by atoms with Gasteiger partial charge in [-0.15, -0.1) is 0 Å². The fourth-order valence-electron chi connectivity index (χ4n) is 5.20. The van der Waals surface area contributed by atoms with E-state index in [1.807, 2.05) is 45.0 Å². The van der Waals surface area contributed by atoms with Crippen LogP contribution in [0.2, 0.25) is 0 Å². The average Bonchev–Trinajstić information content (AvgIpc) is 2.88. The van der Waals surface area contributed by atoms with Crippen molar-refractivity contribution in [1.29, 1.82) is 5.41 Å². The first-order chi connectivity index (χ1) is 17.7. The fourth-order valence-corrected chi connectivity index (χ4v) is 5.20. The zero-order valence-corrected chi connectivity index (χ0v) is 22.3. The fraction of sp³-hybridized carbons (Fsp3) is 0.481. The molecule has 2 aliphatic heterocycles. The lowest BCUT2D eigenvalue weighted by molar-refractivity contribution is -0.126. The van der Waals surface area contributed by atoms with Gasteiger partial charge in [0.2, 0.25) is 5.91 Å². The number of fused-ring (bicyclic) bond motifs is 1. The number of anilines is 3. The maximum atomic E-state index is 12.1. The van der Waals surface area contributed by atoms with E-state index in [2.05, 4.69) is 21.3 Å². The molecule has 3 N–H and O–H groups in total. The van der Waals surface area contributed by atoms with Crippen molar-refractivity contribution < 1.29 is 9.53 Å². The van der Waals surface area contributed by atoms with E-state index < -0.39 is 0 Å². The summed E-state index contributed by atoms with van der Waals surface area (Å²) in [6, 6.07) is 4.22. The number of rotatable bonds is 8. The largest absolute Gasteiger partial charge is 0.459 e. The summed E-state index contributed by atoms with van der Waals surface area (Å²) < 4.78 is 6.19. The Morgan fingerprint density at radius 1 is 1.22 bits per heavy atom. The van der Waals surface area contributed by atoms with Crippen molar-refractivity contribution in [1.82, 2.24) is 19.8 Å². The van der Waals surface area contributed by atoms with Gasteiger partial charge < -0.3 is 35.5 Å². The van der Waals surface area contributed by atoms with Gasteiger partial charge in [-0.2, -0.15) is 9.97 Å². The molecule has 198 valence electrons. The van der Waals surface area contributed by atoms with Crippen molar-refractivity contribution in [3.63, 3.8) is 0 Å². The van der Waals surface area contributed by atoms with E-state index in [1.165, 1.54) is 12.3 Å². The van der Waals surface area contributed by atoms with Crippen LogP contribution < -0.4 is 20.3 Å². The zero-order valence-electron chi connectivity index (χ0n) is 22.3. The first-order valence-electron chi connectivity index (χ1n) is 12.7. The number of amides is 1. The number of piperazine rings is 1. The molecule has 1 fully saturated rings. The Morgan fingerprint density at radius 3 is 2.59 bits per heavy atom. The van der Waals surface area contributed by atoms with E-state index in [1.54, 1.807) is 0 Å². The molecular formula is C27H38N8O2. The number of carbonyl (C=O) groups is 1. The van der Waals surface area contributed by atoms with Crippen LogP contribution in [-0.4, -0.2) is 91.4 Å². The van der Waals surface area contributed by atoms with Crippen molar-refractivity contribution in [2.75, 3.05) is 68.9 Å². The van der Waals surface area contributed by atoms with Gasteiger partial charge in [-0.05, 0) is 52.1 Å². The molecule has 1 atom stereocenters. The smallest absolute Gasteiger partial charge is 0.318 e. The third kappa shape index (κ3) is 5.69. The molecule has 10 heteroatoms. The van der Waals surface area contributed by atoms with Crippen molar-refractivity contribution in [3.05, 3.63) is 47.2 Å². The molecule has 1 aromatic carbocycles. The van der Waals surface area contributed by atoms with E-state index in [0.717, 1.165) is 53.4 Å². The van der Waals surface area contributed by atoms with Gasteiger partial charge in [0.05, 0.1) is 17.9 Å². The number of aryl methyl sites for hydroxylation is 1. The van der Waals surface area contributed by atoms with Crippen LogP contribution in [-0.2, 0) is 17.8 Å². The van der Waals surface area contributed by atoms with Gasteiger partial charge in [0.15, 0.2) is 0 Å². The molecule has 0 unspecified atom stereocenters. The molecule has 0 aliphatic carbocycles. The minimum Gasteiger partial charge on any atom is -0.459 e. The van der Waals surface area contributed by atoms with E-state index in [9.17, 15) is 4.79 Å². The number of carbonyl (C=O) groups excluding carboxylic acids is 1. The maximum Gasteiger partial charge on any atom is 0.318 e. The average molecular weight is 507 g/mol. The number of likely N-dealkylation sites (N-methyl/N-ethyl adjacent to an activating group) is 1. The molecule has 10 nitrogen and oxygen atoms in total. The molecule has 3 heterocycles. The predicted octanol–water partition coefficient (Wildman–Crippen LogP) is 2.09. The van der Waals surface area contributed by atoms with Gasteiger partial charge >= 0.3 is 6.01 Å². The highest BCUT2D eigenvalue weighted by molar-refractivity contribution is 5.94. The van der Waals surface area contributed by atoms with E-state index in [4.69, 9.17) is 25.8 Å². The SMILES string of the molecule is C=CC(=O)N1CCN(c2nc(O[C@H](C)CN(C)C)nc3c2CCN(c2c(C)ccc(N)c2C=N)C3)CC1. The summed E-state index contributed by atoms with van der Waals surface area (Å²) in [6.07, 6.45) is 3.38. The summed E-state index contributed by atoms with van der Waals surface area (Å²) in [5.74, 6) is 0.847. The Hall–Kier alpha value is -3.66. The number of hydrogen-bond donors (Lipinski definition) is 2. The number of nitrogens with zero attached hydrogens (tertiary/aromatic N) is 6. The molecule has 1 amide bonds. The molecule has 0 spiro atoms. The van der Waals surface area contributed by atoms with Crippen molar-refractivity contribution in [2.24, 2.45) is 0 Å². The first kappa shape index (κ1) is 26.4. The van der Waals surface area contributed by atoms with Crippen LogP contribution in [0.15, 0.2) is 24.8 Å². The quantitative estimate of drug-likeness (QED) is 0.318. The summed E-state index contributed by atoms with van der Waals surface area (Å²) in [5.41, 5.74) is 11.6. The van der Waals surface area contributed by atoms with Crippen LogP contribution in [0.5, 0.6) is 6.01 Å². The Kier molecular flexibility index (Phi) is 7.97. The van der Waals surface area contributed by atoms with Gasteiger partial charge in [0.25, 0.3) is 0 Å².